The van der Waals surface area contributed by atoms with Crippen molar-refractivity contribution in [1.29, 1.82) is 0 Å². The number of esters is 1. The number of benzene rings is 2. The van der Waals surface area contributed by atoms with Gasteiger partial charge in [-0.05, 0) is 48.2 Å². The Balaban J connectivity index is 1.38. The number of carbonyl (C=O) groups excluding carboxylic acids is 1. The van der Waals surface area contributed by atoms with Crippen molar-refractivity contribution in [2.75, 3.05) is 13.2 Å². The number of carboxylic acid groups (broad SMARTS) is 1. The second-order valence-electron chi connectivity index (χ2n) is 9.55. The fourth-order valence-electron chi connectivity index (χ4n) is 4.28. The van der Waals surface area contributed by atoms with Crippen LogP contribution in [-0.2, 0) is 9.53 Å². The second kappa shape index (κ2) is 18.4. The smallest absolute Gasteiger partial charge is 0.335 e. The van der Waals surface area contributed by atoms with Gasteiger partial charge in [-0.2, -0.15) is 0 Å². The van der Waals surface area contributed by atoms with E-state index < -0.39 is 5.97 Å². The van der Waals surface area contributed by atoms with Gasteiger partial charge >= 0.3 is 11.9 Å². The molecule has 0 saturated heterocycles. The molecular formula is C31H44O5. The van der Waals surface area contributed by atoms with Crippen molar-refractivity contribution in [1.82, 2.24) is 0 Å². The third kappa shape index (κ3) is 13.3. The zero-order valence-corrected chi connectivity index (χ0v) is 22.0. The zero-order chi connectivity index (χ0) is 25.8. The molecule has 0 amide bonds. The van der Waals surface area contributed by atoms with Crippen LogP contribution in [-0.4, -0.2) is 30.3 Å². The van der Waals surface area contributed by atoms with Gasteiger partial charge in [0.25, 0.3) is 0 Å². The van der Waals surface area contributed by atoms with Crippen molar-refractivity contribution in [3.8, 4) is 16.9 Å². The molecule has 5 heteroatoms. The second-order valence-corrected chi connectivity index (χ2v) is 9.55. The van der Waals surface area contributed by atoms with Crippen molar-refractivity contribution in [2.45, 2.75) is 96.8 Å². The van der Waals surface area contributed by atoms with Gasteiger partial charge in [-0.25, -0.2) is 4.79 Å². The lowest BCUT2D eigenvalue weighted by molar-refractivity contribution is -0.141. The zero-order valence-electron chi connectivity index (χ0n) is 22.0. The largest absolute Gasteiger partial charge is 0.494 e. The number of hydrogen-bond acceptors (Lipinski definition) is 4. The van der Waals surface area contributed by atoms with Crippen LogP contribution in [0.2, 0.25) is 0 Å². The average molecular weight is 497 g/mol. The lowest BCUT2D eigenvalue weighted by Gasteiger charge is -2.08. The molecule has 0 saturated carbocycles. The van der Waals surface area contributed by atoms with Crippen LogP contribution in [0.15, 0.2) is 48.5 Å². The molecule has 2 aromatic rings. The molecule has 0 spiro atoms. The van der Waals surface area contributed by atoms with E-state index in [4.69, 9.17) is 14.6 Å². The summed E-state index contributed by atoms with van der Waals surface area (Å²) in [5.74, 6) is -0.203. The quantitative estimate of drug-likeness (QED) is 0.147. The Bertz CT molecular complexity index is 858. The SMILES string of the molecule is CC(=O)OCCCCCCCCCCCCCCCCOc1ccc(-c2ccc(C(=O)O)cc2)cc1. The molecule has 36 heavy (non-hydrogen) atoms. The van der Waals surface area contributed by atoms with E-state index >= 15 is 0 Å². The number of carbonyl (C=O) groups is 2. The van der Waals surface area contributed by atoms with Crippen molar-refractivity contribution in [2.24, 2.45) is 0 Å². The van der Waals surface area contributed by atoms with Crippen LogP contribution in [0, 0.1) is 0 Å². The first-order valence-corrected chi connectivity index (χ1v) is 13.8. The van der Waals surface area contributed by atoms with Gasteiger partial charge in [0.2, 0.25) is 0 Å². The highest BCUT2D eigenvalue weighted by Gasteiger charge is 2.04. The summed E-state index contributed by atoms with van der Waals surface area (Å²) < 4.78 is 10.8. The Labute approximate surface area is 217 Å². The maximum atomic E-state index is 11.0. The summed E-state index contributed by atoms with van der Waals surface area (Å²) in [6, 6.07) is 14.9. The van der Waals surface area contributed by atoms with Gasteiger partial charge in [-0.15, -0.1) is 0 Å². The van der Waals surface area contributed by atoms with Gasteiger partial charge in [0.05, 0.1) is 18.8 Å². The van der Waals surface area contributed by atoms with E-state index in [1.807, 2.05) is 36.4 Å². The van der Waals surface area contributed by atoms with Crippen LogP contribution in [0.25, 0.3) is 11.1 Å². The Morgan fingerprint density at radius 1 is 0.583 bits per heavy atom. The van der Waals surface area contributed by atoms with E-state index in [9.17, 15) is 9.59 Å². The van der Waals surface area contributed by atoms with Crippen LogP contribution in [0.3, 0.4) is 0 Å². The van der Waals surface area contributed by atoms with Gasteiger partial charge in [-0.1, -0.05) is 101 Å². The van der Waals surface area contributed by atoms with Crippen molar-refractivity contribution in [3.63, 3.8) is 0 Å². The average Bonchev–Trinajstić information content (AvgIpc) is 2.88. The monoisotopic (exact) mass is 496 g/mol. The maximum Gasteiger partial charge on any atom is 0.335 e. The molecule has 198 valence electrons. The van der Waals surface area contributed by atoms with Crippen LogP contribution in [0.4, 0.5) is 0 Å². The molecule has 0 bridgehead atoms. The highest BCUT2D eigenvalue weighted by molar-refractivity contribution is 5.88. The molecule has 1 N–H and O–H groups in total. The first-order chi connectivity index (χ1) is 17.6. The standard InChI is InChI=1S/C31H44O5/c1-26(32)35-24-14-12-10-8-6-4-2-3-5-7-9-11-13-15-25-36-30-22-20-28(21-23-30)27-16-18-29(19-17-27)31(33)34/h16-23H,2-15,24-25H2,1H3,(H,33,34). The summed E-state index contributed by atoms with van der Waals surface area (Å²) in [6.07, 6.45) is 17.7. The summed E-state index contributed by atoms with van der Waals surface area (Å²) >= 11 is 0. The van der Waals surface area contributed by atoms with E-state index in [0.717, 1.165) is 42.7 Å². The molecular weight excluding hydrogens is 452 g/mol. The number of unbranched alkanes of at least 4 members (excludes halogenated alkanes) is 13. The van der Waals surface area contributed by atoms with Crippen molar-refractivity contribution in [3.05, 3.63) is 54.1 Å². The van der Waals surface area contributed by atoms with E-state index in [-0.39, 0.29) is 5.97 Å². The van der Waals surface area contributed by atoms with Crippen LogP contribution in [0.5, 0.6) is 5.75 Å². The fraction of sp³-hybridized carbons (Fsp3) is 0.548. The summed E-state index contributed by atoms with van der Waals surface area (Å²) in [6.45, 7) is 2.79. The molecule has 0 fully saturated rings. The van der Waals surface area contributed by atoms with Gasteiger partial charge in [0.1, 0.15) is 5.75 Å². The number of aromatic carboxylic acids is 1. The lowest BCUT2D eigenvalue weighted by Crippen LogP contribution is -2.00. The molecule has 0 aliphatic heterocycles. The highest BCUT2D eigenvalue weighted by atomic mass is 16.5. The van der Waals surface area contributed by atoms with E-state index in [2.05, 4.69) is 0 Å². The number of hydrogen-bond donors (Lipinski definition) is 1. The summed E-state index contributed by atoms with van der Waals surface area (Å²) in [5, 5.41) is 9.01. The van der Waals surface area contributed by atoms with Crippen molar-refractivity contribution < 1.29 is 24.2 Å². The Morgan fingerprint density at radius 2 is 0.972 bits per heavy atom. The molecule has 0 aliphatic carbocycles. The Hall–Kier alpha value is -2.82. The maximum absolute atomic E-state index is 11.0. The van der Waals surface area contributed by atoms with E-state index in [1.165, 1.54) is 77.6 Å². The number of ether oxygens (including phenoxy) is 2. The third-order valence-corrected chi connectivity index (χ3v) is 6.43. The molecule has 0 aromatic heterocycles. The van der Waals surface area contributed by atoms with Gasteiger partial charge in [0.15, 0.2) is 0 Å². The molecule has 0 atom stereocenters. The van der Waals surface area contributed by atoms with E-state index in [1.54, 1.807) is 12.1 Å². The molecule has 5 nitrogen and oxygen atoms in total. The first kappa shape index (κ1) is 29.4. The summed E-state index contributed by atoms with van der Waals surface area (Å²) in [4.78, 5) is 21.7. The minimum atomic E-state index is -0.908. The first-order valence-electron chi connectivity index (χ1n) is 13.8. The molecule has 0 heterocycles. The third-order valence-electron chi connectivity index (χ3n) is 6.43. The highest BCUT2D eigenvalue weighted by Crippen LogP contribution is 2.23. The van der Waals surface area contributed by atoms with Gasteiger partial charge in [0, 0.05) is 6.92 Å². The predicted octanol–water partition coefficient (Wildman–Crippen LogP) is 8.46. The van der Waals surface area contributed by atoms with Gasteiger partial charge in [-0.3, -0.25) is 4.79 Å². The van der Waals surface area contributed by atoms with Crippen molar-refractivity contribution >= 4 is 11.9 Å². The lowest BCUT2D eigenvalue weighted by atomic mass is 10.0. The normalized spacial score (nSPS) is 10.8. The molecule has 0 radical (unpaired) electrons. The molecule has 0 aliphatic rings. The molecule has 2 aromatic carbocycles. The topological polar surface area (TPSA) is 72.8 Å². The number of rotatable bonds is 20. The Kier molecular flexibility index (Phi) is 15.1. The summed E-state index contributed by atoms with van der Waals surface area (Å²) in [7, 11) is 0. The van der Waals surface area contributed by atoms with Crippen LogP contribution < -0.4 is 4.74 Å². The molecule has 0 unspecified atom stereocenters. The minimum absolute atomic E-state index is 0.173. The van der Waals surface area contributed by atoms with Gasteiger partial charge < -0.3 is 14.6 Å². The number of carboxylic acids is 1. The van der Waals surface area contributed by atoms with Crippen LogP contribution >= 0.6 is 0 Å². The Morgan fingerprint density at radius 3 is 1.39 bits per heavy atom. The summed E-state index contributed by atoms with van der Waals surface area (Å²) in [5.41, 5.74) is 2.34. The fourth-order valence-corrected chi connectivity index (χ4v) is 4.28. The predicted molar refractivity (Wildman–Crippen MR) is 146 cm³/mol. The van der Waals surface area contributed by atoms with Crippen LogP contribution in [0.1, 0.15) is 107 Å². The molecule has 2 rings (SSSR count). The van der Waals surface area contributed by atoms with E-state index in [0.29, 0.717) is 12.2 Å². The minimum Gasteiger partial charge on any atom is -0.494 e.